The van der Waals surface area contributed by atoms with Crippen molar-refractivity contribution in [2.24, 2.45) is 0 Å². The van der Waals surface area contributed by atoms with Crippen LogP contribution < -0.4 is 9.47 Å². The number of ether oxygens (including phenoxy) is 2. The van der Waals surface area contributed by atoms with Crippen molar-refractivity contribution in [3.63, 3.8) is 0 Å². The van der Waals surface area contributed by atoms with Crippen LogP contribution in [0, 0.1) is 11.6 Å². The summed E-state index contributed by atoms with van der Waals surface area (Å²) in [5, 5.41) is 10.1. The number of phenols is 1. The molecule has 3 nitrogen and oxygen atoms in total. The highest BCUT2D eigenvalue weighted by Gasteiger charge is 2.42. The van der Waals surface area contributed by atoms with Crippen LogP contribution in [0.4, 0.5) is 26.3 Å². The molecular weight excluding hydrogens is 462 g/mol. The normalized spacial score (nSPS) is 11.6. The zero-order valence-electron chi connectivity index (χ0n) is 18.1. The summed E-state index contributed by atoms with van der Waals surface area (Å²) in [5.41, 5.74) is -1.26. The number of hydrogen-bond donors (Lipinski definition) is 1. The van der Waals surface area contributed by atoms with Crippen molar-refractivity contribution in [3.05, 3.63) is 77.4 Å². The van der Waals surface area contributed by atoms with E-state index in [2.05, 4.69) is 16.4 Å². The summed E-state index contributed by atoms with van der Waals surface area (Å²) in [6, 6.07) is 10.3. The molecule has 9 heteroatoms. The number of rotatable bonds is 10. The van der Waals surface area contributed by atoms with Crippen LogP contribution >= 0.6 is 0 Å². The van der Waals surface area contributed by atoms with Crippen LogP contribution in [0.15, 0.2) is 54.6 Å². The Labute approximate surface area is 192 Å². The highest BCUT2D eigenvalue weighted by atomic mass is 19.3. The molecule has 0 spiro atoms. The number of hydrogen-bond acceptors (Lipinski definition) is 3. The fourth-order valence-corrected chi connectivity index (χ4v) is 3.45. The molecule has 0 fully saturated rings. The van der Waals surface area contributed by atoms with Gasteiger partial charge in [0.2, 0.25) is 0 Å². The second-order valence-electron chi connectivity index (χ2n) is 7.56. The SMILES string of the molecule is CCCCCc1ccc(-c2c(O)cc(F)c(C(F)(F)Oc3ccc(OC(F)F)cc3)c2F)cc1. The van der Waals surface area contributed by atoms with Gasteiger partial charge in [0, 0.05) is 6.07 Å². The van der Waals surface area contributed by atoms with Crippen LogP contribution in [-0.4, -0.2) is 11.7 Å². The van der Waals surface area contributed by atoms with Crippen LogP contribution in [0.1, 0.15) is 37.3 Å². The van der Waals surface area contributed by atoms with E-state index in [-0.39, 0.29) is 11.3 Å². The van der Waals surface area contributed by atoms with Gasteiger partial charge < -0.3 is 14.6 Å². The number of benzene rings is 3. The van der Waals surface area contributed by atoms with E-state index >= 15 is 4.39 Å². The van der Waals surface area contributed by atoms with Gasteiger partial charge in [0.15, 0.2) is 5.82 Å². The molecule has 0 unspecified atom stereocenters. The summed E-state index contributed by atoms with van der Waals surface area (Å²) in [7, 11) is 0. The number of alkyl halides is 4. The van der Waals surface area contributed by atoms with Crippen molar-refractivity contribution in [1.29, 1.82) is 0 Å². The Bertz CT molecular complexity index is 1100. The van der Waals surface area contributed by atoms with Crippen LogP contribution in [0.5, 0.6) is 17.2 Å². The van der Waals surface area contributed by atoms with Crippen molar-refractivity contribution >= 4 is 0 Å². The third-order valence-corrected chi connectivity index (χ3v) is 5.09. The van der Waals surface area contributed by atoms with Gasteiger partial charge in [0.1, 0.15) is 28.6 Å². The fraction of sp³-hybridized carbons (Fsp3) is 0.280. The van der Waals surface area contributed by atoms with Gasteiger partial charge in [0.25, 0.3) is 0 Å². The molecule has 0 aromatic heterocycles. The molecule has 0 radical (unpaired) electrons. The Morgan fingerprint density at radius 2 is 1.53 bits per heavy atom. The quantitative estimate of drug-likeness (QED) is 0.236. The van der Waals surface area contributed by atoms with E-state index in [1.807, 2.05) is 0 Å². The number of aromatic hydroxyl groups is 1. The first-order valence-electron chi connectivity index (χ1n) is 10.5. The van der Waals surface area contributed by atoms with E-state index < -0.39 is 47.0 Å². The van der Waals surface area contributed by atoms with Crippen molar-refractivity contribution < 1.29 is 40.9 Å². The largest absolute Gasteiger partial charge is 0.507 e. The second kappa shape index (κ2) is 10.7. The van der Waals surface area contributed by atoms with Crippen molar-refractivity contribution in [1.82, 2.24) is 0 Å². The average Bonchev–Trinajstić information content (AvgIpc) is 2.75. The first-order chi connectivity index (χ1) is 16.1. The van der Waals surface area contributed by atoms with E-state index in [1.54, 1.807) is 12.1 Å². The lowest BCUT2D eigenvalue weighted by atomic mass is 9.97. The zero-order chi connectivity index (χ0) is 24.9. The average molecular weight is 484 g/mol. The molecule has 3 aromatic carbocycles. The predicted molar refractivity (Wildman–Crippen MR) is 114 cm³/mol. The van der Waals surface area contributed by atoms with E-state index in [9.17, 15) is 27.1 Å². The summed E-state index contributed by atoms with van der Waals surface area (Å²) in [5.74, 6) is -5.09. The van der Waals surface area contributed by atoms with Gasteiger partial charge in [-0.15, -0.1) is 0 Å². The second-order valence-corrected chi connectivity index (χ2v) is 7.56. The highest BCUT2D eigenvalue weighted by Crippen LogP contribution is 2.42. The molecule has 0 amide bonds. The van der Waals surface area contributed by atoms with Gasteiger partial charge in [0.05, 0.1) is 5.56 Å². The first kappa shape index (κ1) is 25.3. The summed E-state index contributed by atoms with van der Waals surface area (Å²) in [6.45, 7) is -1.05. The maximum Gasteiger partial charge on any atom is 0.432 e. The molecule has 182 valence electrons. The van der Waals surface area contributed by atoms with Crippen molar-refractivity contribution in [2.45, 2.75) is 45.3 Å². The van der Waals surface area contributed by atoms with E-state index in [1.165, 1.54) is 12.1 Å². The molecule has 0 bridgehead atoms. The van der Waals surface area contributed by atoms with Gasteiger partial charge in [-0.05, 0) is 48.2 Å². The summed E-state index contributed by atoms with van der Waals surface area (Å²) >= 11 is 0. The molecule has 0 heterocycles. The van der Waals surface area contributed by atoms with Crippen LogP contribution in [-0.2, 0) is 12.5 Å². The molecule has 0 saturated carbocycles. The Kier molecular flexibility index (Phi) is 7.96. The maximum absolute atomic E-state index is 15.2. The van der Waals surface area contributed by atoms with Gasteiger partial charge in [-0.3, -0.25) is 0 Å². The van der Waals surface area contributed by atoms with Crippen molar-refractivity contribution in [2.75, 3.05) is 0 Å². The third-order valence-electron chi connectivity index (χ3n) is 5.09. The number of phenolic OH excluding ortho intramolecular Hbond substituents is 1. The number of aryl methyl sites for hydroxylation is 1. The third kappa shape index (κ3) is 5.95. The summed E-state index contributed by atoms with van der Waals surface area (Å²) in [6.07, 6.45) is -0.671. The monoisotopic (exact) mass is 484 g/mol. The first-order valence-corrected chi connectivity index (χ1v) is 10.5. The molecular formula is C25H22F6O3. The molecule has 0 aliphatic heterocycles. The minimum atomic E-state index is -4.48. The number of unbranched alkanes of at least 4 members (excludes halogenated alkanes) is 2. The minimum Gasteiger partial charge on any atom is -0.507 e. The van der Waals surface area contributed by atoms with E-state index in [0.29, 0.717) is 6.07 Å². The Morgan fingerprint density at radius 3 is 2.12 bits per heavy atom. The minimum absolute atomic E-state index is 0.0831. The molecule has 0 aliphatic carbocycles. The standard InChI is InChI=1S/C25H22F6O3/c1-2-3-4-5-15-6-8-16(9-7-15)21-20(32)14-19(26)22(23(21)27)25(30,31)34-18-12-10-17(11-13-18)33-24(28)29/h6-14,24,32H,2-5H2,1H3. The van der Waals surface area contributed by atoms with Gasteiger partial charge in [-0.25, -0.2) is 8.78 Å². The predicted octanol–water partition coefficient (Wildman–Crippen LogP) is 7.80. The molecule has 0 atom stereocenters. The molecule has 34 heavy (non-hydrogen) atoms. The summed E-state index contributed by atoms with van der Waals surface area (Å²) in [4.78, 5) is 0. The Balaban J connectivity index is 1.90. The van der Waals surface area contributed by atoms with E-state index in [4.69, 9.17) is 0 Å². The molecule has 3 rings (SSSR count). The molecule has 1 N–H and O–H groups in total. The zero-order valence-corrected chi connectivity index (χ0v) is 18.1. The molecule has 0 aliphatic rings. The Morgan fingerprint density at radius 1 is 0.912 bits per heavy atom. The topological polar surface area (TPSA) is 38.7 Å². The van der Waals surface area contributed by atoms with Crippen molar-refractivity contribution in [3.8, 4) is 28.4 Å². The van der Waals surface area contributed by atoms with E-state index in [0.717, 1.165) is 55.5 Å². The molecule has 3 aromatic rings. The fourth-order valence-electron chi connectivity index (χ4n) is 3.45. The van der Waals surface area contributed by atoms with Crippen LogP contribution in [0.3, 0.4) is 0 Å². The van der Waals surface area contributed by atoms with Gasteiger partial charge in [-0.1, -0.05) is 44.0 Å². The lowest BCUT2D eigenvalue weighted by Gasteiger charge is -2.21. The maximum atomic E-state index is 15.2. The van der Waals surface area contributed by atoms with Gasteiger partial charge in [-0.2, -0.15) is 17.6 Å². The highest BCUT2D eigenvalue weighted by molar-refractivity contribution is 5.72. The summed E-state index contributed by atoms with van der Waals surface area (Å²) < 4.78 is 92.2. The van der Waals surface area contributed by atoms with Crippen LogP contribution in [0.2, 0.25) is 0 Å². The smallest absolute Gasteiger partial charge is 0.432 e. The molecule has 0 saturated heterocycles. The number of halogens is 6. The van der Waals surface area contributed by atoms with Gasteiger partial charge >= 0.3 is 12.7 Å². The lowest BCUT2D eigenvalue weighted by molar-refractivity contribution is -0.189. The Hall–Kier alpha value is -3.36. The van der Waals surface area contributed by atoms with Crippen LogP contribution in [0.25, 0.3) is 11.1 Å². The lowest BCUT2D eigenvalue weighted by Crippen LogP contribution is -2.25.